The standard InChI is InChI=1S/C15H28N2O2/c1-12-5-4-8-16-14(12)11-15(18)17-9-7-13-6-2-3-10-19-13/h12-14,16H,2-11H2,1H3,(H,17,18). The number of hydrogen-bond acceptors (Lipinski definition) is 3. The molecule has 4 heteroatoms. The molecule has 0 aromatic rings. The highest BCUT2D eigenvalue weighted by molar-refractivity contribution is 5.76. The number of rotatable bonds is 5. The van der Waals surface area contributed by atoms with Crippen LogP contribution in [0.2, 0.25) is 0 Å². The lowest BCUT2D eigenvalue weighted by atomic mass is 9.90. The van der Waals surface area contributed by atoms with Crippen molar-refractivity contribution < 1.29 is 9.53 Å². The smallest absolute Gasteiger partial charge is 0.221 e. The number of hydrogen-bond donors (Lipinski definition) is 2. The molecule has 3 unspecified atom stereocenters. The maximum Gasteiger partial charge on any atom is 0.221 e. The number of ether oxygens (including phenoxy) is 1. The Labute approximate surface area is 116 Å². The van der Waals surface area contributed by atoms with Gasteiger partial charge >= 0.3 is 0 Å². The Hall–Kier alpha value is -0.610. The number of carbonyl (C=O) groups excluding carboxylic acids is 1. The van der Waals surface area contributed by atoms with Gasteiger partial charge in [0, 0.05) is 25.6 Å². The molecule has 0 radical (unpaired) electrons. The monoisotopic (exact) mass is 268 g/mol. The zero-order valence-electron chi connectivity index (χ0n) is 12.1. The quantitative estimate of drug-likeness (QED) is 0.800. The minimum atomic E-state index is 0.182. The van der Waals surface area contributed by atoms with Crippen molar-refractivity contribution in [1.29, 1.82) is 0 Å². The minimum absolute atomic E-state index is 0.182. The van der Waals surface area contributed by atoms with E-state index in [1.807, 2.05) is 0 Å². The highest BCUT2D eigenvalue weighted by Gasteiger charge is 2.23. The predicted molar refractivity (Wildman–Crippen MR) is 76.0 cm³/mol. The average molecular weight is 268 g/mol. The van der Waals surface area contributed by atoms with Crippen molar-refractivity contribution in [2.45, 2.75) is 64.0 Å². The van der Waals surface area contributed by atoms with Crippen LogP contribution < -0.4 is 10.6 Å². The molecule has 3 atom stereocenters. The van der Waals surface area contributed by atoms with Crippen LogP contribution in [0.4, 0.5) is 0 Å². The maximum atomic E-state index is 11.9. The number of piperidine rings is 1. The Bertz CT molecular complexity index is 277. The van der Waals surface area contributed by atoms with Crippen LogP contribution in [0.25, 0.3) is 0 Å². The highest BCUT2D eigenvalue weighted by atomic mass is 16.5. The first kappa shape index (κ1) is 14.8. The summed E-state index contributed by atoms with van der Waals surface area (Å²) in [4.78, 5) is 11.9. The lowest BCUT2D eigenvalue weighted by molar-refractivity contribution is -0.122. The average Bonchev–Trinajstić information content (AvgIpc) is 2.43. The van der Waals surface area contributed by atoms with Crippen molar-refractivity contribution in [3.05, 3.63) is 0 Å². The molecule has 2 aliphatic heterocycles. The van der Waals surface area contributed by atoms with Gasteiger partial charge in [-0.3, -0.25) is 4.79 Å². The maximum absolute atomic E-state index is 11.9. The van der Waals surface area contributed by atoms with E-state index < -0.39 is 0 Å². The molecular formula is C15H28N2O2. The van der Waals surface area contributed by atoms with Crippen LogP contribution in [-0.4, -0.2) is 37.7 Å². The lowest BCUT2D eigenvalue weighted by Crippen LogP contribution is -2.43. The summed E-state index contributed by atoms with van der Waals surface area (Å²) in [6, 6.07) is 0.361. The highest BCUT2D eigenvalue weighted by Crippen LogP contribution is 2.18. The van der Waals surface area contributed by atoms with Crippen molar-refractivity contribution in [2.24, 2.45) is 5.92 Å². The first-order valence-electron chi connectivity index (χ1n) is 7.87. The molecule has 0 aromatic heterocycles. The normalized spacial score (nSPS) is 31.9. The molecular weight excluding hydrogens is 240 g/mol. The molecule has 19 heavy (non-hydrogen) atoms. The second-order valence-electron chi connectivity index (χ2n) is 6.01. The lowest BCUT2D eigenvalue weighted by Gasteiger charge is -2.29. The molecule has 0 bridgehead atoms. The van der Waals surface area contributed by atoms with Gasteiger partial charge in [0.1, 0.15) is 0 Å². The Kier molecular flexibility index (Phi) is 6.11. The summed E-state index contributed by atoms with van der Waals surface area (Å²) in [7, 11) is 0. The summed E-state index contributed by atoms with van der Waals surface area (Å²) < 4.78 is 5.66. The van der Waals surface area contributed by atoms with Gasteiger partial charge in [-0.15, -0.1) is 0 Å². The molecule has 0 aliphatic carbocycles. The van der Waals surface area contributed by atoms with E-state index >= 15 is 0 Å². The van der Waals surface area contributed by atoms with Crippen molar-refractivity contribution in [1.82, 2.24) is 10.6 Å². The van der Waals surface area contributed by atoms with Crippen LogP contribution >= 0.6 is 0 Å². The van der Waals surface area contributed by atoms with E-state index in [0.717, 1.165) is 32.5 Å². The first-order valence-corrected chi connectivity index (χ1v) is 7.87. The third-order valence-corrected chi connectivity index (χ3v) is 4.40. The summed E-state index contributed by atoms with van der Waals surface area (Å²) >= 11 is 0. The summed E-state index contributed by atoms with van der Waals surface area (Å²) in [5, 5.41) is 6.49. The fraction of sp³-hybridized carbons (Fsp3) is 0.933. The van der Waals surface area contributed by atoms with E-state index in [1.165, 1.54) is 25.7 Å². The van der Waals surface area contributed by atoms with Crippen molar-refractivity contribution >= 4 is 5.91 Å². The van der Waals surface area contributed by atoms with Crippen LogP contribution in [-0.2, 0) is 9.53 Å². The number of amides is 1. The summed E-state index contributed by atoms with van der Waals surface area (Å²) in [6.45, 7) is 4.94. The van der Waals surface area contributed by atoms with Crippen LogP contribution in [0.1, 0.15) is 51.9 Å². The van der Waals surface area contributed by atoms with Gasteiger partial charge in [-0.05, 0) is 51.0 Å². The topological polar surface area (TPSA) is 50.4 Å². The summed E-state index contributed by atoms with van der Waals surface area (Å²) in [6.07, 6.45) is 8.01. The molecule has 2 fully saturated rings. The van der Waals surface area contributed by atoms with Crippen LogP contribution in [0, 0.1) is 5.92 Å². The molecule has 2 heterocycles. The van der Waals surface area contributed by atoms with Gasteiger partial charge in [0.2, 0.25) is 5.91 Å². The van der Waals surface area contributed by atoms with Gasteiger partial charge in [0.25, 0.3) is 0 Å². The van der Waals surface area contributed by atoms with Gasteiger partial charge in [-0.2, -0.15) is 0 Å². The first-order chi connectivity index (χ1) is 9.25. The Balaban J connectivity index is 1.58. The van der Waals surface area contributed by atoms with E-state index in [9.17, 15) is 4.79 Å². The molecule has 1 amide bonds. The van der Waals surface area contributed by atoms with Gasteiger partial charge in [0.15, 0.2) is 0 Å². The third kappa shape index (κ3) is 5.11. The van der Waals surface area contributed by atoms with E-state index in [2.05, 4.69) is 17.6 Å². The van der Waals surface area contributed by atoms with Crippen LogP contribution in [0.15, 0.2) is 0 Å². The van der Waals surface area contributed by atoms with Gasteiger partial charge in [-0.25, -0.2) is 0 Å². The largest absolute Gasteiger partial charge is 0.378 e. The second kappa shape index (κ2) is 7.85. The molecule has 0 saturated carbocycles. The zero-order valence-corrected chi connectivity index (χ0v) is 12.1. The molecule has 2 saturated heterocycles. The molecule has 110 valence electrons. The van der Waals surface area contributed by atoms with Gasteiger partial charge in [-0.1, -0.05) is 6.92 Å². The van der Waals surface area contributed by atoms with Crippen molar-refractivity contribution in [3.63, 3.8) is 0 Å². The van der Waals surface area contributed by atoms with E-state index in [1.54, 1.807) is 0 Å². The third-order valence-electron chi connectivity index (χ3n) is 4.40. The van der Waals surface area contributed by atoms with Crippen molar-refractivity contribution in [2.75, 3.05) is 19.7 Å². The van der Waals surface area contributed by atoms with Gasteiger partial charge in [0.05, 0.1) is 6.10 Å². The molecule has 2 rings (SSSR count). The van der Waals surface area contributed by atoms with E-state index in [0.29, 0.717) is 24.5 Å². The number of nitrogens with one attached hydrogen (secondary N) is 2. The molecule has 2 aliphatic rings. The Morgan fingerprint density at radius 1 is 1.32 bits per heavy atom. The number of carbonyl (C=O) groups is 1. The fourth-order valence-electron chi connectivity index (χ4n) is 3.07. The predicted octanol–water partition coefficient (Wildman–Crippen LogP) is 1.84. The summed E-state index contributed by atoms with van der Waals surface area (Å²) in [5.41, 5.74) is 0. The van der Waals surface area contributed by atoms with Crippen LogP contribution in [0.3, 0.4) is 0 Å². The molecule has 0 spiro atoms. The molecule has 4 nitrogen and oxygen atoms in total. The minimum Gasteiger partial charge on any atom is -0.378 e. The zero-order chi connectivity index (χ0) is 13.5. The van der Waals surface area contributed by atoms with Crippen molar-refractivity contribution in [3.8, 4) is 0 Å². The Morgan fingerprint density at radius 2 is 2.21 bits per heavy atom. The molecule has 2 N–H and O–H groups in total. The van der Waals surface area contributed by atoms with E-state index in [4.69, 9.17) is 4.74 Å². The Morgan fingerprint density at radius 3 is 2.95 bits per heavy atom. The van der Waals surface area contributed by atoms with Crippen LogP contribution in [0.5, 0.6) is 0 Å². The van der Waals surface area contributed by atoms with Gasteiger partial charge < -0.3 is 15.4 Å². The molecule has 0 aromatic carbocycles. The van der Waals surface area contributed by atoms with E-state index in [-0.39, 0.29) is 5.91 Å². The summed E-state index contributed by atoms with van der Waals surface area (Å²) in [5.74, 6) is 0.795. The fourth-order valence-corrected chi connectivity index (χ4v) is 3.07. The SMILES string of the molecule is CC1CCCNC1CC(=O)NCCC1CCCCO1. The second-order valence-corrected chi connectivity index (χ2v) is 6.01.